The lowest BCUT2D eigenvalue weighted by Crippen LogP contribution is -2.38. The zero-order chi connectivity index (χ0) is 19.4. The number of rotatable bonds is 5. The summed E-state index contributed by atoms with van der Waals surface area (Å²) in [5.74, 6) is -0.578. The fourth-order valence-electron chi connectivity index (χ4n) is 3.47. The summed E-state index contributed by atoms with van der Waals surface area (Å²) in [5, 5.41) is 3.94. The summed E-state index contributed by atoms with van der Waals surface area (Å²) < 4.78 is 0. The lowest BCUT2D eigenvalue weighted by molar-refractivity contribution is -0.118. The average Bonchev–Trinajstić information content (AvgIpc) is 3.03. The molecular weight excluding hydrogens is 342 g/mol. The fraction of sp³-hybridized carbons (Fsp3) is 0.286. The van der Waals surface area contributed by atoms with Crippen molar-refractivity contribution < 1.29 is 14.4 Å². The molecule has 0 bridgehead atoms. The van der Waals surface area contributed by atoms with E-state index in [1.165, 1.54) is 12.7 Å². The molecule has 0 aromatic heterocycles. The monoisotopic (exact) mass is 365 g/mol. The zero-order valence-corrected chi connectivity index (χ0v) is 15.5. The molecule has 27 heavy (non-hydrogen) atoms. The lowest BCUT2D eigenvalue weighted by atomic mass is 9.99. The van der Waals surface area contributed by atoms with E-state index in [0.29, 0.717) is 18.5 Å². The van der Waals surface area contributed by atoms with Crippen molar-refractivity contribution in [3.05, 3.63) is 59.7 Å². The third kappa shape index (κ3) is 4.16. The summed E-state index contributed by atoms with van der Waals surface area (Å²) in [4.78, 5) is 30.8. The largest absolute Gasteiger partial charge is 0.399 e. The van der Waals surface area contributed by atoms with Crippen LogP contribution in [0, 0.1) is 6.92 Å². The maximum Gasteiger partial charge on any atom is 0.254 e. The van der Waals surface area contributed by atoms with Gasteiger partial charge in [0.1, 0.15) is 7.11 Å². The van der Waals surface area contributed by atoms with Gasteiger partial charge in [0.15, 0.2) is 0 Å². The van der Waals surface area contributed by atoms with Gasteiger partial charge in [-0.15, -0.1) is 0 Å². The van der Waals surface area contributed by atoms with Crippen molar-refractivity contribution in [2.45, 2.75) is 25.8 Å². The second-order valence-electron chi connectivity index (χ2n) is 6.69. The Balaban J connectivity index is 1.83. The number of hydrogen-bond donors (Lipinski definition) is 1. The molecule has 0 unspecified atom stereocenters. The van der Waals surface area contributed by atoms with E-state index in [4.69, 9.17) is 10.6 Å². The van der Waals surface area contributed by atoms with Gasteiger partial charge in [-0.3, -0.25) is 9.59 Å². The molecule has 6 nitrogen and oxygen atoms in total. The smallest absolute Gasteiger partial charge is 0.254 e. The molecule has 1 aliphatic heterocycles. The third-order valence-corrected chi connectivity index (χ3v) is 4.77. The van der Waals surface area contributed by atoms with Gasteiger partial charge >= 0.3 is 0 Å². The molecule has 0 aliphatic carbocycles. The van der Waals surface area contributed by atoms with Crippen LogP contribution in [0.1, 0.15) is 28.8 Å². The van der Waals surface area contributed by atoms with Gasteiger partial charge in [-0.2, -0.15) is 0 Å². The minimum absolute atomic E-state index is 0.107. The van der Waals surface area contributed by atoms with Crippen molar-refractivity contribution in [1.82, 2.24) is 4.90 Å². The van der Waals surface area contributed by atoms with Gasteiger partial charge in [-0.1, -0.05) is 41.6 Å². The zero-order valence-electron chi connectivity index (χ0n) is 15.5. The molecule has 1 heterocycles. The number of nitrogens with two attached hydrogens (primary N) is 1. The molecule has 6 heteroatoms. The van der Waals surface area contributed by atoms with E-state index in [9.17, 15) is 9.59 Å². The van der Waals surface area contributed by atoms with Crippen molar-refractivity contribution in [1.29, 1.82) is 0 Å². The van der Waals surface area contributed by atoms with Gasteiger partial charge in [0, 0.05) is 24.4 Å². The number of oxime groups is 1. The fourth-order valence-corrected chi connectivity index (χ4v) is 3.47. The predicted molar refractivity (Wildman–Crippen MR) is 104 cm³/mol. The Morgan fingerprint density at radius 2 is 1.89 bits per heavy atom. The Labute approximate surface area is 158 Å². The quantitative estimate of drug-likeness (QED) is 0.827. The van der Waals surface area contributed by atoms with Gasteiger partial charge in [-0.05, 0) is 35.7 Å². The number of carbonyl (C=O) groups is 2. The van der Waals surface area contributed by atoms with E-state index in [2.05, 4.69) is 24.2 Å². The highest BCUT2D eigenvalue weighted by Gasteiger charge is 2.34. The second-order valence-corrected chi connectivity index (χ2v) is 6.69. The van der Waals surface area contributed by atoms with Crippen LogP contribution in [-0.2, 0) is 9.63 Å². The second kappa shape index (κ2) is 8.03. The number of benzene rings is 2. The van der Waals surface area contributed by atoms with Crippen LogP contribution < -0.4 is 5.73 Å². The van der Waals surface area contributed by atoms with Crippen LogP contribution in [0.4, 0.5) is 0 Å². The minimum Gasteiger partial charge on any atom is -0.399 e. The first kappa shape index (κ1) is 18.6. The SMILES string of the molecule is CON=C1C[C@@H](CC(N)=O)N(C(=O)c2ccc(-c3ccccc3C)cc2)C1. The molecule has 1 atom stereocenters. The van der Waals surface area contributed by atoms with Gasteiger partial charge < -0.3 is 15.5 Å². The Morgan fingerprint density at radius 3 is 2.52 bits per heavy atom. The van der Waals surface area contributed by atoms with E-state index in [1.807, 2.05) is 36.4 Å². The Bertz CT molecular complexity index is 874. The number of carbonyl (C=O) groups excluding carboxylic acids is 2. The number of likely N-dealkylation sites (tertiary alicyclic amines) is 1. The van der Waals surface area contributed by atoms with Crippen molar-refractivity contribution in [3.63, 3.8) is 0 Å². The molecule has 2 amide bonds. The third-order valence-electron chi connectivity index (χ3n) is 4.77. The molecule has 140 valence electrons. The van der Waals surface area contributed by atoms with Crippen molar-refractivity contribution >= 4 is 17.5 Å². The normalized spacial score (nSPS) is 17.9. The molecular formula is C21H23N3O3. The Hall–Kier alpha value is -3.15. The van der Waals surface area contributed by atoms with Crippen LogP contribution >= 0.6 is 0 Å². The van der Waals surface area contributed by atoms with Crippen molar-refractivity contribution in [2.24, 2.45) is 10.9 Å². The minimum atomic E-state index is -0.439. The van der Waals surface area contributed by atoms with Gasteiger partial charge in [0.2, 0.25) is 5.91 Å². The Kier molecular flexibility index (Phi) is 5.54. The summed E-state index contributed by atoms with van der Waals surface area (Å²) in [5.41, 5.74) is 10.0. The van der Waals surface area contributed by atoms with E-state index in [0.717, 1.165) is 16.8 Å². The standard InChI is InChI=1S/C21H23N3O3/c1-14-5-3-4-6-19(14)15-7-9-16(10-8-15)21(26)24-13-17(23-27-2)11-18(24)12-20(22)25/h3-10,18H,11-13H2,1-2H3,(H2,22,25)/t18-/m0/s1. The molecule has 1 saturated heterocycles. The van der Waals surface area contributed by atoms with E-state index in [1.54, 1.807) is 4.90 Å². The summed E-state index contributed by atoms with van der Waals surface area (Å²) in [6.45, 7) is 2.40. The molecule has 0 spiro atoms. The van der Waals surface area contributed by atoms with Gasteiger partial charge in [0.05, 0.1) is 12.3 Å². The first-order valence-corrected chi connectivity index (χ1v) is 8.84. The summed E-state index contributed by atoms with van der Waals surface area (Å²) in [6.07, 6.45) is 0.597. The molecule has 2 aromatic carbocycles. The van der Waals surface area contributed by atoms with Crippen LogP contribution in [0.5, 0.6) is 0 Å². The summed E-state index contributed by atoms with van der Waals surface area (Å²) in [7, 11) is 1.46. The highest BCUT2D eigenvalue weighted by molar-refractivity contribution is 6.01. The number of hydrogen-bond acceptors (Lipinski definition) is 4. The molecule has 2 aromatic rings. The molecule has 0 radical (unpaired) electrons. The lowest BCUT2D eigenvalue weighted by Gasteiger charge is -2.23. The van der Waals surface area contributed by atoms with Crippen molar-refractivity contribution in [3.8, 4) is 11.1 Å². The van der Waals surface area contributed by atoms with E-state index >= 15 is 0 Å². The van der Waals surface area contributed by atoms with Crippen LogP contribution in [0.15, 0.2) is 53.7 Å². The first-order chi connectivity index (χ1) is 13.0. The number of aryl methyl sites for hydroxylation is 1. The molecule has 1 fully saturated rings. The maximum absolute atomic E-state index is 13.0. The van der Waals surface area contributed by atoms with Crippen molar-refractivity contribution in [2.75, 3.05) is 13.7 Å². The molecule has 2 N–H and O–H groups in total. The van der Waals surface area contributed by atoms with Crippen LogP contribution in [0.3, 0.4) is 0 Å². The topological polar surface area (TPSA) is 85.0 Å². The Morgan fingerprint density at radius 1 is 1.19 bits per heavy atom. The highest BCUT2D eigenvalue weighted by atomic mass is 16.6. The van der Waals surface area contributed by atoms with Crippen LogP contribution in [0.2, 0.25) is 0 Å². The first-order valence-electron chi connectivity index (χ1n) is 8.84. The number of primary amides is 1. The number of nitrogens with zero attached hydrogens (tertiary/aromatic N) is 2. The maximum atomic E-state index is 13.0. The summed E-state index contributed by atoms with van der Waals surface area (Å²) >= 11 is 0. The van der Waals surface area contributed by atoms with Crippen LogP contribution in [0.25, 0.3) is 11.1 Å². The molecule has 3 rings (SSSR count). The summed E-state index contributed by atoms with van der Waals surface area (Å²) in [6, 6.07) is 15.3. The predicted octanol–water partition coefficient (Wildman–Crippen LogP) is 2.75. The van der Waals surface area contributed by atoms with Gasteiger partial charge in [0.25, 0.3) is 5.91 Å². The molecule has 1 aliphatic rings. The average molecular weight is 365 g/mol. The highest BCUT2D eigenvalue weighted by Crippen LogP contribution is 2.25. The van der Waals surface area contributed by atoms with Gasteiger partial charge in [-0.25, -0.2) is 0 Å². The molecule has 0 saturated carbocycles. The van der Waals surface area contributed by atoms with Crippen LogP contribution in [-0.4, -0.2) is 42.1 Å². The number of amides is 2. The van der Waals surface area contributed by atoms with E-state index in [-0.39, 0.29) is 18.4 Å². The van der Waals surface area contributed by atoms with E-state index < -0.39 is 5.91 Å².